The molecule has 1 spiro atoms. The molecule has 3 heterocycles. The first-order valence-corrected chi connectivity index (χ1v) is 14.1. The minimum atomic E-state index is -1.34. The Balaban J connectivity index is 1.55. The number of fused-ring (bicyclic) bond motifs is 6. The molecule has 0 unspecified atom stereocenters. The van der Waals surface area contributed by atoms with Crippen molar-refractivity contribution in [3.05, 3.63) is 131 Å². The first kappa shape index (κ1) is 26.0. The zero-order chi connectivity index (χ0) is 29.2. The van der Waals surface area contributed by atoms with Crippen LogP contribution in [0, 0.1) is 12.8 Å². The van der Waals surface area contributed by atoms with Gasteiger partial charge >= 0.3 is 0 Å². The van der Waals surface area contributed by atoms with Crippen LogP contribution in [0.1, 0.15) is 44.3 Å². The molecule has 4 aromatic carbocycles. The summed E-state index contributed by atoms with van der Waals surface area (Å²) in [5, 5.41) is 3.09. The Labute approximate surface area is 244 Å². The quantitative estimate of drug-likeness (QED) is 0.295. The SMILES string of the molecule is COc1cccc(C(=O)[C@@H]2[C@H](C(=O)c3ccc(C)cc3)[C@@]3(C(=O)Nc4ccccc43)[C@@H]3C=C(C)c4ccccc4N23)c1. The summed E-state index contributed by atoms with van der Waals surface area (Å²) in [6.07, 6.45) is 2.07. The van der Waals surface area contributed by atoms with Crippen LogP contribution < -0.4 is 15.0 Å². The number of ketones is 2. The Morgan fingerprint density at radius 1 is 0.833 bits per heavy atom. The highest BCUT2D eigenvalue weighted by molar-refractivity contribution is 6.18. The van der Waals surface area contributed by atoms with Crippen LogP contribution in [0.15, 0.2) is 103 Å². The number of para-hydroxylation sites is 2. The molecule has 6 heteroatoms. The molecule has 0 aromatic heterocycles. The Morgan fingerprint density at radius 3 is 2.36 bits per heavy atom. The summed E-state index contributed by atoms with van der Waals surface area (Å²) < 4.78 is 5.45. The van der Waals surface area contributed by atoms with Crippen LogP contribution in [0.25, 0.3) is 5.57 Å². The van der Waals surface area contributed by atoms with Crippen molar-refractivity contribution < 1.29 is 19.1 Å². The van der Waals surface area contributed by atoms with Crippen molar-refractivity contribution in [3.8, 4) is 5.75 Å². The summed E-state index contributed by atoms with van der Waals surface area (Å²) in [5.74, 6) is -1.20. The van der Waals surface area contributed by atoms with Gasteiger partial charge in [-0.2, -0.15) is 0 Å². The highest BCUT2D eigenvalue weighted by Crippen LogP contribution is 2.58. The van der Waals surface area contributed by atoms with E-state index in [0.717, 1.165) is 28.0 Å². The van der Waals surface area contributed by atoms with Crippen molar-refractivity contribution in [2.45, 2.75) is 31.3 Å². The fraction of sp³-hybridized carbons (Fsp3) is 0.194. The van der Waals surface area contributed by atoms with Gasteiger partial charge < -0.3 is 15.0 Å². The van der Waals surface area contributed by atoms with Crippen LogP contribution in [0.4, 0.5) is 11.4 Å². The number of carbonyl (C=O) groups excluding carboxylic acids is 3. The molecule has 1 fully saturated rings. The van der Waals surface area contributed by atoms with Crippen LogP contribution in [-0.4, -0.2) is 36.7 Å². The smallest absolute Gasteiger partial charge is 0.238 e. The topological polar surface area (TPSA) is 75.7 Å². The average molecular weight is 555 g/mol. The Kier molecular flexibility index (Phi) is 5.91. The number of Topliss-reactive ketones (excluding diaryl/α,β-unsaturated/α-hetero) is 2. The molecule has 6 nitrogen and oxygen atoms in total. The molecular weight excluding hydrogens is 524 g/mol. The largest absolute Gasteiger partial charge is 0.497 e. The standard InChI is InChI=1S/C36H30N2O4/c1-21-15-17-23(18-16-21)33(39)31-32(34(40)24-9-8-10-25(20-24)42-3)38-29-14-7-4-11-26(29)22(2)19-30(38)36(31)27-12-5-6-13-28(27)37-35(36)41/h4-20,30-32H,1-3H3,(H,37,41)/t30-,31+,32-,36-/m0/s1. The molecule has 0 saturated carbocycles. The van der Waals surface area contributed by atoms with Gasteiger partial charge in [-0.3, -0.25) is 14.4 Å². The summed E-state index contributed by atoms with van der Waals surface area (Å²) in [7, 11) is 1.56. The summed E-state index contributed by atoms with van der Waals surface area (Å²) >= 11 is 0. The normalized spacial score (nSPS) is 23.5. The van der Waals surface area contributed by atoms with Crippen molar-refractivity contribution >= 4 is 34.4 Å². The maximum atomic E-state index is 14.9. The monoisotopic (exact) mass is 554 g/mol. The number of hydrogen-bond acceptors (Lipinski definition) is 5. The Hall–Kier alpha value is -4.97. The van der Waals surface area contributed by atoms with E-state index in [2.05, 4.69) is 11.4 Å². The van der Waals surface area contributed by atoms with Crippen molar-refractivity contribution in [1.29, 1.82) is 0 Å². The molecule has 4 atom stereocenters. The fourth-order valence-corrected chi connectivity index (χ4v) is 7.23. The van der Waals surface area contributed by atoms with E-state index >= 15 is 0 Å². The lowest BCUT2D eigenvalue weighted by Crippen LogP contribution is -2.51. The number of nitrogens with zero attached hydrogens (tertiary/aromatic N) is 1. The van der Waals surface area contributed by atoms with E-state index in [1.54, 1.807) is 43.5 Å². The average Bonchev–Trinajstić information content (AvgIpc) is 3.49. The van der Waals surface area contributed by atoms with Crippen LogP contribution in [0.2, 0.25) is 0 Å². The van der Waals surface area contributed by atoms with E-state index in [4.69, 9.17) is 4.74 Å². The first-order valence-electron chi connectivity index (χ1n) is 14.1. The first-order chi connectivity index (χ1) is 20.4. The summed E-state index contributed by atoms with van der Waals surface area (Å²) in [4.78, 5) is 46.2. The highest BCUT2D eigenvalue weighted by Gasteiger charge is 2.70. The minimum Gasteiger partial charge on any atom is -0.497 e. The number of amides is 1. The van der Waals surface area contributed by atoms with Gasteiger partial charge in [0, 0.05) is 28.1 Å². The van der Waals surface area contributed by atoms with Gasteiger partial charge in [-0.15, -0.1) is 0 Å². The molecule has 3 aliphatic rings. The molecule has 1 saturated heterocycles. The van der Waals surface area contributed by atoms with E-state index < -0.39 is 23.4 Å². The maximum Gasteiger partial charge on any atom is 0.238 e. The van der Waals surface area contributed by atoms with Gasteiger partial charge in [0.25, 0.3) is 0 Å². The predicted octanol–water partition coefficient (Wildman–Crippen LogP) is 6.25. The number of ether oxygens (including phenoxy) is 1. The third-order valence-corrected chi connectivity index (χ3v) is 9.13. The second-order valence-corrected chi connectivity index (χ2v) is 11.3. The minimum absolute atomic E-state index is 0.235. The van der Waals surface area contributed by atoms with Gasteiger partial charge in [0.1, 0.15) is 17.2 Å². The molecule has 3 aliphatic heterocycles. The third kappa shape index (κ3) is 3.54. The highest BCUT2D eigenvalue weighted by atomic mass is 16.5. The number of methoxy groups -OCH3 is 1. The van der Waals surface area contributed by atoms with E-state index in [9.17, 15) is 14.4 Å². The maximum absolute atomic E-state index is 14.9. The number of allylic oxidation sites excluding steroid dienone is 1. The van der Waals surface area contributed by atoms with Crippen LogP contribution in [0.3, 0.4) is 0 Å². The second kappa shape index (κ2) is 9.55. The van der Waals surface area contributed by atoms with Crippen LogP contribution >= 0.6 is 0 Å². The number of benzene rings is 4. The van der Waals surface area contributed by atoms with Crippen molar-refractivity contribution in [2.24, 2.45) is 5.92 Å². The molecule has 4 aromatic rings. The fourth-order valence-electron chi connectivity index (χ4n) is 7.23. The number of rotatable bonds is 5. The molecule has 0 radical (unpaired) electrons. The lowest BCUT2D eigenvalue weighted by molar-refractivity contribution is -0.121. The van der Waals surface area contributed by atoms with Crippen LogP contribution in [0.5, 0.6) is 5.75 Å². The molecule has 0 bridgehead atoms. The van der Waals surface area contributed by atoms with E-state index in [1.807, 2.05) is 79.4 Å². The van der Waals surface area contributed by atoms with Gasteiger partial charge in [-0.05, 0) is 49.2 Å². The lowest BCUT2D eigenvalue weighted by Gasteiger charge is -2.39. The van der Waals surface area contributed by atoms with Crippen molar-refractivity contribution in [1.82, 2.24) is 0 Å². The number of nitrogens with one attached hydrogen (secondary N) is 1. The van der Waals surface area contributed by atoms with Crippen molar-refractivity contribution in [2.75, 3.05) is 17.3 Å². The molecule has 1 amide bonds. The Morgan fingerprint density at radius 2 is 1.57 bits per heavy atom. The molecule has 7 rings (SSSR count). The van der Waals surface area contributed by atoms with E-state index in [0.29, 0.717) is 22.6 Å². The summed E-state index contributed by atoms with van der Waals surface area (Å²) in [6, 6.07) is 28.3. The number of anilines is 2. The van der Waals surface area contributed by atoms with E-state index in [1.165, 1.54) is 0 Å². The van der Waals surface area contributed by atoms with Gasteiger partial charge in [-0.1, -0.05) is 84.4 Å². The Bertz CT molecular complexity index is 1810. The zero-order valence-electron chi connectivity index (χ0n) is 23.6. The van der Waals surface area contributed by atoms with Gasteiger partial charge in [0.05, 0.1) is 19.1 Å². The summed E-state index contributed by atoms with van der Waals surface area (Å²) in [6.45, 7) is 3.99. The number of carbonyl (C=O) groups is 3. The molecule has 42 heavy (non-hydrogen) atoms. The molecular formula is C36H30N2O4. The van der Waals surface area contributed by atoms with Crippen LogP contribution in [-0.2, 0) is 10.2 Å². The van der Waals surface area contributed by atoms with Gasteiger partial charge in [0.2, 0.25) is 5.91 Å². The number of aryl methyl sites for hydroxylation is 1. The molecule has 0 aliphatic carbocycles. The van der Waals surface area contributed by atoms with Crippen molar-refractivity contribution in [3.63, 3.8) is 0 Å². The summed E-state index contributed by atoms with van der Waals surface area (Å²) in [5.41, 5.74) is 4.79. The second-order valence-electron chi connectivity index (χ2n) is 11.3. The number of hydrogen-bond donors (Lipinski definition) is 1. The third-order valence-electron chi connectivity index (χ3n) is 9.13. The lowest BCUT2D eigenvalue weighted by atomic mass is 9.64. The zero-order valence-corrected chi connectivity index (χ0v) is 23.6. The van der Waals surface area contributed by atoms with E-state index in [-0.39, 0.29) is 17.5 Å². The molecule has 208 valence electrons. The van der Waals surface area contributed by atoms with Gasteiger partial charge in [-0.25, -0.2) is 0 Å². The predicted molar refractivity (Wildman–Crippen MR) is 163 cm³/mol. The molecule has 1 N–H and O–H groups in total. The van der Waals surface area contributed by atoms with Gasteiger partial charge in [0.15, 0.2) is 11.6 Å².